The number of phenolic OH excluding ortho intramolecular Hbond substituents is 2. The quantitative estimate of drug-likeness (QED) is 0.317. The normalized spacial score (nSPS) is 19.2. The van der Waals surface area contributed by atoms with Gasteiger partial charge in [0, 0.05) is 28.3 Å². The van der Waals surface area contributed by atoms with Crippen LogP contribution in [0.25, 0.3) is 22.6 Å². The highest BCUT2D eigenvalue weighted by molar-refractivity contribution is 5.95. The second-order valence-electron chi connectivity index (χ2n) is 5.84. The molecule has 2 heterocycles. The Balaban J connectivity index is 2.27. The van der Waals surface area contributed by atoms with Gasteiger partial charge < -0.3 is 29.3 Å². The minimum Gasteiger partial charge on any atom is -0.504 e. The third kappa shape index (κ3) is 2.32. The van der Waals surface area contributed by atoms with E-state index in [1.165, 1.54) is 18.2 Å². The van der Waals surface area contributed by atoms with Crippen LogP contribution in [0.4, 0.5) is 0 Å². The van der Waals surface area contributed by atoms with Crippen molar-refractivity contribution in [3.8, 4) is 11.5 Å². The summed E-state index contributed by atoms with van der Waals surface area (Å²) in [6.45, 7) is 0. The topological polar surface area (TPSA) is 141 Å². The van der Waals surface area contributed by atoms with Gasteiger partial charge >= 0.3 is 11.3 Å². The fraction of sp³-hybridized carbons (Fsp3) is 0.111. The first-order valence-corrected chi connectivity index (χ1v) is 7.58. The first-order valence-electron chi connectivity index (χ1n) is 7.58. The summed E-state index contributed by atoms with van der Waals surface area (Å²) < 4.78 is 10.2. The van der Waals surface area contributed by atoms with Gasteiger partial charge in [0.15, 0.2) is 11.5 Å². The Kier molecular flexibility index (Phi) is 3.46. The molecule has 0 saturated heterocycles. The van der Waals surface area contributed by atoms with Gasteiger partial charge in [0.2, 0.25) is 0 Å². The Morgan fingerprint density at radius 2 is 1.62 bits per heavy atom. The Hall–Kier alpha value is -3.36. The Bertz CT molecular complexity index is 1280. The van der Waals surface area contributed by atoms with Crippen molar-refractivity contribution < 1.29 is 29.3 Å². The lowest BCUT2D eigenvalue weighted by Crippen LogP contribution is -2.43. The van der Waals surface area contributed by atoms with Crippen molar-refractivity contribution in [3.63, 3.8) is 0 Å². The molecule has 8 heteroatoms. The monoisotopic (exact) mass is 356 g/mol. The van der Waals surface area contributed by atoms with E-state index in [-0.39, 0.29) is 32.7 Å². The molecule has 4 rings (SSSR count). The third-order valence-corrected chi connectivity index (χ3v) is 4.23. The zero-order chi connectivity index (χ0) is 18.6. The summed E-state index contributed by atoms with van der Waals surface area (Å²) in [5.41, 5.74) is -1.70. The van der Waals surface area contributed by atoms with Gasteiger partial charge in [-0.3, -0.25) is 0 Å². The molecule has 0 spiro atoms. The summed E-state index contributed by atoms with van der Waals surface area (Å²) in [7, 11) is 0. The molecule has 1 aliphatic carbocycles. The van der Waals surface area contributed by atoms with Crippen LogP contribution in [0.15, 0.2) is 48.8 Å². The van der Waals surface area contributed by atoms with Crippen LogP contribution in [0.1, 0.15) is 5.56 Å². The minimum atomic E-state index is -1.53. The Morgan fingerprint density at radius 3 is 2.38 bits per heavy atom. The molecule has 0 radical (unpaired) electrons. The SMILES string of the molecule is O=c1ccc2c(o1)=CC(O)C(O)C=2c1c(O)c(O)cc2ccc(=O)oc12. The lowest BCUT2D eigenvalue weighted by atomic mass is 9.89. The molecule has 2 atom stereocenters. The van der Waals surface area contributed by atoms with Crippen LogP contribution in [0.2, 0.25) is 0 Å². The summed E-state index contributed by atoms with van der Waals surface area (Å²) >= 11 is 0. The second-order valence-corrected chi connectivity index (χ2v) is 5.84. The molecule has 0 bridgehead atoms. The van der Waals surface area contributed by atoms with Gasteiger partial charge in [-0.15, -0.1) is 0 Å². The van der Waals surface area contributed by atoms with Crippen LogP contribution < -0.4 is 21.9 Å². The minimum absolute atomic E-state index is 0.0144. The van der Waals surface area contributed by atoms with Crippen LogP contribution in [0, 0.1) is 0 Å². The molecule has 2 aromatic heterocycles. The smallest absolute Gasteiger partial charge is 0.336 e. The molecule has 132 valence electrons. The predicted molar refractivity (Wildman–Crippen MR) is 89.0 cm³/mol. The van der Waals surface area contributed by atoms with E-state index in [1.807, 2.05) is 0 Å². The molecule has 0 fully saturated rings. The number of fused-ring (bicyclic) bond motifs is 2. The Labute approximate surface area is 143 Å². The highest BCUT2D eigenvalue weighted by Gasteiger charge is 2.30. The number of hydrogen-bond donors (Lipinski definition) is 4. The van der Waals surface area contributed by atoms with Crippen LogP contribution in [-0.4, -0.2) is 32.6 Å². The fourth-order valence-corrected chi connectivity index (χ4v) is 3.07. The van der Waals surface area contributed by atoms with E-state index in [4.69, 9.17) is 8.83 Å². The lowest BCUT2D eigenvalue weighted by molar-refractivity contribution is 0.0938. The maximum absolute atomic E-state index is 11.7. The first kappa shape index (κ1) is 16.1. The van der Waals surface area contributed by atoms with Gasteiger partial charge in [0.1, 0.15) is 23.2 Å². The second kappa shape index (κ2) is 5.58. The Morgan fingerprint density at radius 1 is 0.923 bits per heavy atom. The van der Waals surface area contributed by atoms with Crippen molar-refractivity contribution in [2.75, 3.05) is 0 Å². The largest absolute Gasteiger partial charge is 0.504 e. The summed E-state index contributed by atoms with van der Waals surface area (Å²) in [4.78, 5) is 23.1. The van der Waals surface area contributed by atoms with Crippen molar-refractivity contribution in [3.05, 3.63) is 67.4 Å². The van der Waals surface area contributed by atoms with Crippen LogP contribution in [0.5, 0.6) is 11.5 Å². The molecule has 1 aromatic carbocycles. The number of rotatable bonds is 1. The van der Waals surface area contributed by atoms with Gasteiger partial charge in [-0.2, -0.15) is 0 Å². The summed E-state index contributed by atoms with van der Waals surface area (Å²) in [6.07, 6.45) is -1.82. The number of aliphatic hydroxyl groups is 2. The standard InChI is InChI=1S/C18H12O8/c19-9-5-7-1-3-13(22)26-18(7)15(17(9)24)14-8-2-4-12(21)25-11(8)6-10(20)16(14)23/h1-6,10,16,19-20,23-24H. The van der Waals surface area contributed by atoms with Crippen molar-refractivity contribution in [1.29, 1.82) is 0 Å². The van der Waals surface area contributed by atoms with Crippen LogP contribution in [-0.2, 0) is 0 Å². The lowest BCUT2D eigenvalue weighted by Gasteiger charge is -2.23. The molecule has 0 aliphatic heterocycles. The molecule has 4 N–H and O–H groups in total. The highest BCUT2D eigenvalue weighted by Crippen LogP contribution is 2.40. The maximum atomic E-state index is 11.7. The van der Waals surface area contributed by atoms with E-state index >= 15 is 0 Å². The summed E-state index contributed by atoms with van der Waals surface area (Å²) in [5, 5.41) is 41.5. The van der Waals surface area contributed by atoms with E-state index in [0.29, 0.717) is 0 Å². The van der Waals surface area contributed by atoms with Crippen LogP contribution in [0.3, 0.4) is 0 Å². The summed E-state index contributed by atoms with van der Waals surface area (Å²) in [6, 6.07) is 6.17. The summed E-state index contributed by atoms with van der Waals surface area (Å²) in [5.74, 6) is -1.16. The van der Waals surface area contributed by atoms with E-state index in [0.717, 1.165) is 18.2 Å². The number of benzene rings is 1. The molecular formula is C18H12O8. The molecule has 0 amide bonds. The van der Waals surface area contributed by atoms with Crippen molar-refractivity contribution in [2.24, 2.45) is 0 Å². The van der Waals surface area contributed by atoms with Gasteiger partial charge in [-0.25, -0.2) is 9.59 Å². The molecular weight excluding hydrogens is 344 g/mol. The van der Waals surface area contributed by atoms with Gasteiger partial charge in [0.25, 0.3) is 0 Å². The maximum Gasteiger partial charge on any atom is 0.336 e. The molecule has 8 nitrogen and oxygen atoms in total. The van der Waals surface area contributed by atoms with E-state index < -0.39 is 35.0 Å². The van der Waals surface area contributed by atoms with E-state index in [1.54, 1.807) is 0 Å². The number of aromatic hydroxyl groups is 2. The zero-order valence-electron chi connectivity index (χ0n) is 13.0. The number of phenols is 2. The van der Waals surface area contributed by atoms with E-state index in [2.05, 4.69) is 0 Å². The van der Waals surface area contributed by atoms with Crippen molar-refractivity contribution in [1.82, 2.24) is 0 Å². The molecule has 0 saturated carbocycles. The molecule has 3 aromatic rings. The first-order chi connectivity index (χ1) is 12.4. The third-order valence-electron chi connectivity index (χ3n) is 4.23. The van der Waals surface area contributed by atoms with E-state index in [9.17, 15) is 30.0 Å². The van der Waals surface area contributed by atoms with Crippen molar-refractivity contribution in [2.45, 2.75) is 12.2 Å². The number of hydrogen-bond acceptors (Lipinski definition) is 8. The number of aliphatic hydroxyl groups excluding tert-OH is 2. The molecule has 26 heavy (non-hydrogen) atoms. The van der Waals surface area contributed by atoms with Crippen molar-refractivity contribution >= 4 is 22.6 Å². The average Bonchev–Trinajstić information content (AvgIpc) is 2.59. The fourth-order valence-electron chi connectivity index (χ4n) is 3.07. The molecule has 2 unspecified atom stereocenters. The molecule has 1 aliphatic rings. The predicted octanol–water partition coefficient (Wildman–Crippen LogP) is -1.13. The highest BCUT2D eigenvalue weighted by atomic mass is 16.4. The van der Waals surface area contributed by atoms with Gasteiger partial charge in [-0.1, -0.05) is 0 Å². The zero-order valence-corrected chi connectivity index (χ0v) is 13.0. The van der Waals surface area contributed by atoms with Crippen LogP contribution >= 0.6 is 0 Å². The van der Waals surface area contributed by atoms with Gasteiger partial charge in [0.05, 0.1) is 5.56 Å². The average molecular weight is 356 g/mol. The van der Waals surface area contributed by atoms with Gasteiger partial charge in [-0.05, 0) is 24.3 Å².